The van der Waals surface area contributed by atoms with Gasteiger partial charge in [-0.3, -0.25) is 9.59 Å². The predicted molar refractivity (Wildman–Crippen MR) is 131 cm³/mol. The molecule has 0 radical (unpaired) electrons. The van der Waals surface area contributed by atoms with E-state index in [9.17, 15) is 24.6 Å². The monoisotopic (exact) mass is 482 g/mol. The highest BCUT2D eigenvalue weighted by molar-refractivity contribution is 5.88. The largest absolute Gasteiger partial charge is 0.508 e. The number of carboxylic acid groups (broad SMARTS) is 2. The fourth-order valence-electron chi connectivity index (χ4n) is 4.89. The summed E-state index contributed by atoms with van der Waals surface area (Å²) in [6.07, 6.45) is 0.580. The van der Waals surface area contributed by atoms with E-state index < -0.39 is 36.2 Å². The van der Waals surface area contributed by atoms with Crippen LogP contribution in [0.5, 0.6) is 5.75 Å². The number of phenols is 1. The average molecular weight is 483 g/mol. The molecular weight excluding hydrogens is 448 g/mol. The van der Waals surface area contributed by atoms with E-state index in [-0.39, 0.29) is 17.1 Å². The summed E-state index contributed by atoms with van der Waals surface area (Å²) in [5, 5.41) is 30.8. The maximum atomic E-state index is 13.2. The molecule has 1 aliphatic rings. The summed E-state index contributed by atoms with van der Waals surface area (Å²) in [4.78, 5) is 38.0. The third kappa shape index (κ3) is 6.82. The Bertz CT molecular complexity index is 1040. The fourth-order valence-corrected chi connectivity index (χ4v) is 4.89. The van der Waals surface area contributed by atoms with Crippen molar-refractivity contribution in [1.82, 2.24) is 10.2 Å². The van der Waals surface area contributed by atoms with Gasteiger partial charge in [0.1, 0.15) is 11.8 Å². The molecule has 0 saturated carbocycles. The van der Waals surface area contributed by atoms with Crippen LogP contribution in [0.25, 0.3) is 0 Å². The summed E-state index contributed by atoms with van der Waals surface area (Å²) in [6.45, 7) is 6.27. The van der Waals surface area contributed by atoms with Crippen LogP contribution >= 0.6 is 0 Å². The number of nitrogens with one attached hydrogen (secondary N) is 1. The van der Waals surface area contributed by atoms with Gasteiger partial charge in [0.25, 0.3) is 0 Å². The molecular formula is C27H34N2O6. The van der Waals surface area contributed by atoms with Gasteiger partial charge in [0, 0.05) is 13.1 Å². The molecule has 0 bridgehead atoms. The lowest BCUT2D eigenvalue weighted by molar-refractivity contribution is -0.147. The van der Waals surface area contributed by atoms with Gasteiger partial charge in [-0.2, -0.15) is 0 Å². The van der Waals surface area contributed by atoms with Gasteiger partial charge in [-0.1, -0.05) is 56.3 Å². The molecule has 4 atom stereocenters. The quantitative estimate of drug-likeness (QED) is 0.410. The summed E-state index contributed by atoms with van der Waals surface area (Å²) in [6, 6.07) is 15.4. The van der Waals surface area contributed by atoms with Gasteiger partial charge < -0.3 is 25.5 Å². The third-order valence-corrected chi connectivity index (χ3v) is 7.24. The van der Waals surface area contributed by atoms with E-state index in [0.29, 0.717) is 13.0 Å². The molecule has 1 heterocycles. The molecule has 2 aromatic carbocycles. The third-order valence-electron chi connectivity index (χ3n) is 7.24. The van der Waals surface area contributed by atoms with Crippen LogP contribution in [0.2, 0.25) is 0 Å². The van der Waals surface area contributed by atoms with Crippen molar-refractivity contribution in [3.8, 4) is 5.75 Å². The van der Waals surface area contributed by atoms with Gasteiger partial charge in [-0.15, -0.1) is 0 Å². The molecule has 0 unspecified atom stereocenters. The minimum absolute atomic E-state index is 0.123. The zero-order valence-corrected chi connectivity index (χ0v) is 20.2. The smallest absolute Gasteiger partial charge is 0.326 e. The van der Waals surface area contributed by atoms with Crippen molar-refractivity contribution in [3.63, 3.8) is 0 Å². The van der Waals surface area contributed by atoms with Crippen molar-refractivity contribution in [1.29, 1.82) is 0 Å². The Labute approximate surface area is 205 Å². The van der Waals surface area contributed by atoms with Crippen molar-refractivity contribution >= 4 is 17.8 Å². The van der Waals surface area contributed by atoms with E-state index in [4.69, 9.17) is 5.11 Å². The minimum Gasteiger partial charge on any atom is -0.508 e. The summed E-state index contributed by atoms with van der Waals surface area (Å²) in [5.74, 6) is -3.16. The summed E-state index contributed by atoms with van der Waals surface area (Å²) in [5.41, 5.74) is 1.91. The number of carbonyl (C=O) groups excluding carboxylic acids is 1. The Kier molecular flexibility index (Phi) is 8.51. The van der Waals surface area contributed by atoms with Gasteiger partial charge in [0.15, 0.2) is 0 Å². The number of rotatable bonds is 10. The maximum Gasteiger partial charge on any atom is 0.326 e. The number of nitrogens with zero attached hydrogens (tertiary/aromatic N) is 1. The fraction of sp³-hybridized carbons (Fsp3) is 0.444. The van der Waals surface area contributed by atoms with E-state index in [0.717, 1.165) is 30.6 Å². The molecule has 0 aromatic heterocycles. The number of piperidine rings is 1. The number of likely N-dealkylation sites (tertiary alicyclic amines) is 1. The molecule has 1 amide bonds. The molecule has 188 valence electrons. The summed E-state index contributed by atoms with van der Waals surface area (Å²) < 4.78 is 0. The van der Waals surface area contributed by atoms with Crippen LogP contribution in [-0.2, 0) is 26.2 Å². The van der Waals surface area contributed by atoms with Gasteiger partial charge >= 0.3 is 11.9 Å². The van der Waals surface area contributed by atoms with E-state index >= 15 is 0 Å². The number of phenolic OH excluding ortho intramolecular Hbond substituents is 1. The van der Waals surface area contributed by atoms with Gasteiger partial charge in [0.2, 0.25) is 5.91 Å². The van der Waals surface area contributed by atoms with Gasteiger partial charge in [0.05, 0.1) is 12.3 Å². The van der Waals surface area contributed by atoms with Crippen LogP contribution in [0.4, 0.5) is 0 Å². The van der Waals surface area contributed by atoms with E-state index in [1.54, 1.807) is 6.07 Å². The predicted octanol–water partition coefficient (Wildman–Crippen LogP) is 2.89. The van der Waals surface area contributed by atoms with Crippen molar-refractivity contribution in [2.75, 3.05) is 19.6 Å². The molecule has 4 N–H and O–H groups in total. The molecule has 1 saturated heterocycles. The Morgan fingerprint density at radius 3 is 2.43 bits per heavy atom. The molecule has 1 aliphatic heterocycles. The molecule has 2 aromatic rings. The molecule has 35 heavy (non-hydrogen) atoms. The van der Waals surface area contributed by atoms with E-state index in [2.05, 4.69) is 24.1 Å². The number of aliphatic carboxylic acids is 2. The Hall–Kier alpha value is -3.39. The number of hydrogen-bond donors (Lipinski definition) is 4. The lowest BCUT2D eigenvalue weighted by atomic mass is 9.68. The Morgan fingerprint density at radius 2 is 1.83 bits per heavy atom. The standard InChI is InChI=1S/C27H34N2O6/c1-18-16-29(12-11-27(18,2)21-9-6-10-22(30)14-21)17-20(13-19-7-4-3-5-8-19)25(33)28-23(26(34)35)15-24(31)32/h3-10,14,18,20,23,30H,11-13,15-17H2,1-2H3,(H,28,33)(H,31,32)(H,34,35)/t18-,20-,23-,27+/m0/s1. The second-order valence-corrected chi connectivity index (χ2v) is 9.76. The minimum atomic E-state index is -1.48. The molecule has 0 spiro atoms. The molecule has 8 nitrogen and oxygen atoms in total. The summed E-state index contributed by atoms with van der Waals surface area (Å²) in [7, 11) is 0. The molecule has 8 heteroatoms. The highest BCUT2D eigenvalue weighted by Crippen LogP contribution is 2.40. The topological polar surface area (TPSA) is 127 Å². The van der Waals surface area contributed by atoms with Crippen molar-refractivity contribution < 1.29 is 29.7 Å². The number of amides is 1. The summed E-state index contributed by atoms with van der Waals surface area (Å²) >= 11 is 0. The van der Waals surface area contributed by atoms with E-state index in [1.165, 1.54) is 0 Å². The van der Waals surface area contributed by atoms with Crippen molar-refractivity contribution in [2.24, 2.45) is 11.8 Å². The normalized spacial score (nSPS) is 22.2. The molecule has 1 fully saturated rings. The van der Waals surface area contributed by atoms with Crippen LogP contribution in [0.1, 0.15) is 37.8 Å². The highest BCUT2D eigenvalue weighted by atomic mass is 16.4. The van der Waals surface area contributed by atoms with Gasteiger partial charge in [-0.05, 0) is 54.0 Å². The molecule has 3 rings (SSSR count). The maximum absolute atomic E-state index is 13.2. The Balaban J connectivity index is 1.74. The first-order chi connectivity index (χ1) is 16.6. The number of hydrogen-bond acceptors (Lipinski definition) is 5. The second-order valence-electron chi connectivity index (χ2n) is 9.76. The number of carboxylic acids is 2. The molecule has 0 aliphatic carbocycles. The zero-order valence-electron chi connectivity index (χ0n) is 20.2. The number of aromatic hydroxyl groups is 1. The van der Waals surface area contributed by atoms with Crippen LogP contribution < -0.4 is 5.32 Å². The second kappa shape index (κ2) is 11.4. The van der Waals surface area contributed by atoms with Gasteiger partial charge in [-0.25, -0.2) is 4.79 Å². The van der Waals surface area contributed by atoms with Crippen LogP contribution in [0.15, 0.2) is 54.6 Å². The first-order valence-electron chi connectivity index (χ1n) is 11.9. The lowest BCUT2D eigenvalue weighted by Gasteiger charge is -2.45. The van der Waals surface area contributed by atoms with Crippen molar-refractivity contribution in [2.45, 2.75) is 44.6 Å². The average Bonchev–Trinajstić information content (AvgIpc) is 2.81. The van der Waals surface area contributed by atoms with Crippen LogP contribution in [-0.4, -0.2) is 63.7 Å². The number of benzene rings is 2. The van der Waals surface area contributed by atoms with Crippen LogP contribution in [0, 0.1) is 11.8 Å². The highest BCUT2D eigenvalue weighted by Gasteiger charge is 2.39. The lowest BCUT2D eigenvalue weighted by Crippen LogP contribution is -2.51. The van der Waals surface area contributed by atoms with Crippen molar-refractivity contribution in [3.05, 3.63) is 65.7 Å². The Morgan fingerprint density at radius 1 is 1.11 bits per heavy atom. The first-order valence-corrected chi connectivity index (χ1v) is 11.9. The van der Waals surface area contributed by atoms with E-state index in [1.807, 2.05) is 48.5 Å². The first kappa shape index (κ1) is 26.2. The van der Waals surface area contributed by atoms with Crippen LogP contribution in [0.3, 0.4) is 0 Å². The zero-order chi connectivity index (χ0) is 25.6. The number of carbonyl (C=O) groups is 3. The SMILES string of the molecule is C[C@H]1CN(C[C@H](Cc2ccccc2)C(=O)N[C@@H](CC(=O)O)C(=O)O)CC[C@@]1(C)c1cccc(O)c1.